The lowest BCUT2D eigenvalue weighted by molar-refractivity contribution is -0.134. The van der Waals surface area contributed by atoms with Crippen LogP contribution in [0.5, 0.6) is 0 Å². The van der Waals surface area contributed by atoms with Crippen molar-refractivity contribution in [2.75, 3.05) is 26.2 Å². The highest BCUT2D eigenvalue weighted by atomic mass is 16.2. The maximum absolute atomic E-state index is 13.2. The summed E-state index contributed by atoms with van der Waals surface area (Å²) in [6, 6.07) is 9.30. The van der Waals surface area contributed by atoms with Gasteiger partial charge in [0, 0.05) is 43.1 Å². The zero-order chi connectivity index (χ0) is 21.3. The first-order valence-electron chi connectivity index (χ1n) is 11.8. The molecule has 30 heavy (non-hydrogen) atoms. The predicted octanol–water partition coefficient (Wildman–Crippen LogP) is 5.01. The molecule has 1 aromatic carbocycles. The van der Waals surface area contributed by atoms with E-state index in [2.05, 4.69) is 60.7 Å². The SMILES string of the molecule is Cc1ccc(C2C[C@@H](C)CN(C(=O)CC3CCN(C(C)C)CC3)C2)c2cccnc12. The van der Waals surface area contributed by atoms with Crippen molar-refractivity contribution < 1.29 is 4.79 Å². The summed E-state index contributed by atoms with van der Waals surface area (Å²) in [7, 11) is 0. The Balaban J connectivity index is 1.45. The number of hydrogen-bond acceptors (Lipinski definition) is 3. The highest BCUT2D eigenvalue weighted by molar-refractivity contribution is 5.85. The molecule has 2 fully saturated rings. The molecular formula is C26H37N3O. The van der Waals surface area contributed by atoms with Crippen molar-refractivity contribution in [1.82, 2.24) is 14.8 Å². The minimum absolute atomic E-state index is 0.365. The van der Waals surface area contributed by atoms with Gasteiger partial charge in [-0.25, -0.2) is 0 Å². The highest BCUT2D eigenvalue weighted by Crippen LogP contribution is 2.35. The Labute approximate surface area is 181 Å². The van der Waals surface area contributed by atoms with Gasteiger partial charge in [-0.3, -0.25) is 9.78 Å². The van der Waals surface area contributed by atoms with E-state index in [1.165, 1.54) is 16.5 Å². The van der Waals surface area contributed by atoms with Crippen LogP contribution in [0.1, 0.15) is 63.5 Å². The van der Waals surface area contributed by atoms with Gasteiger partial charge in [-0.15, -0.1) is 0 Å². The van der Waals surface area contributed by atoms with Crippen molar-refractivity contribution in [3.05, 3.63) is 41.6 Å². The Bertz CT molecular complexity index is 885. The molecule has 4 heteroatoms. The molecule has 0 saturated carbocycles. The molecule has 2 aromatic rings. The van der Waals surface area contributed by atoms with E-state index in [0.29, 0.717) is 29.7 Å². The predicted molar refractivity (Wildman–Crippen MR) is 124 cm³/mol. The molecule has 2 saturated heterocycles. The Morgan fingerprint density at radius 3 is 2.67 bits per heavy atom. The molecule has 1 aromatic heterocycles. The van der Waals surface area contributed by atoms with Gasteiger partial charge in [0.15, 0.2) is 0 Å². The van der Waals surface area contributed by atoms with Crippen LogP contribution < -0.4 is 0 Å². The molecule has 4 nitrogen and oxygen atoms in total. The lowest BCUT2D eigenvalue weighted by atomic mass is 9.83. The van der Waals surface area contributed by atoms with Crippen molar-refractivity contribution in [2.45, 2.75) is 65.3 Å². The number of hydrogen-bond donors (Lipinski definition) is 0. The van der Waals surface area contributed by atoms with E-state index in [1.807, 2.05) is 12.3 Å². The molecule has 0 radical (unpaired) electrons. The van der Waals surface area contributed by atoms with Crippen molar-refractivity contribution in [3.8, 4) is 0 Å². The van der Waals surface area contributed by atoms with Gasteiger partial charge in [0.1, 0.15) is 0 Å². The number of fused-ring (bicyclic) bond motifs is 1. The van der Waals surface area contributed by atoms with Crippen LogP contribution in [0.15, 0.2) is 30.5 Å². The van der Waals surface area contributed by atoms with Crippen LogP contribution in [0.3, 0.4) is 0 Å². The Kier molecular flexibility index (Phi) is 6.43. The summed E-state index contributed by atoms with van der Waals surface area (Å²) < 4.78 is 0. The second-order valence-electron chi connectivity index (χ2n) is 9.98. The van der Waals surface area contributed by atoms with Crippen LogP contribution in [0.25, 0.3) is 10.9 Å². The van der Waals surface area contributed by atoms with Crippen LogP contribution >= 0.6 is 0 Å². The van der Waals surface area contributed by atoms with Gasteiger partial charge in [-0.1, -0.05) is 25.1 Å². The first kappa shape index (κ1) is 21.3. The average molecular weight is 408 g/mol. The summed E-state index contributed by atoms with van der Waals surface area (Å²) in [6.07, 6.45) is 6.06. The molecule has 4 rings (SSSR count). The number of piperidine rings is 2. The summed E-state index contributed by atoms with van der Waals surface area (Å²) in [4.78, 5) is 22.5. The van der Waals surface area contributed by atoms with Crippen LogP contribution in [0, 0.1) is 18.8 Å². The maximum atomic E-state index is 13.2. The Morgan fingerprint density at radius 2 is 1.93 bits per heavy atom. The zero-order valence-electron chi connectivity index (χ0n) is 19.1. The van der Waals surface area contributed by atoms with E-state index in [4.69, 9.17) is 0 Å². The number of rotatable bonds is 4. The number of pyridine rings is 1. The molecule has 2 aliphatic rings. The number of nitrogens with zero attached hydrogens (tertiary/aromatic N) is 3. The average Bonchev–Trinajstić information content (AvgIpc) is 2.74. The van der Waals surface area contributed by atoms with Crippen LogP contribution in [-0.2, 0) is 4.79 Å². The lowest BCUT2D eigenvalue weighted by Crippen LogP contribution is -2.44. The van der Waals surface area contributed by atoms with Gasteiger partial charge in [-0.2, -0.15) is 0 Å². The van der Waals surface area contributed by atoms with Crippen molar-refractivity contribution in [1.29, 1.82) is 0 Å². The number of aromatic nitrogens is 1. The van der Waals surface area contributed by atoms with Crippen LogP contribution in [0.4, 0.5) is 0 Å². The van der Waals surface area contributed by atoms with Gasteiger partial charge in [-0.05, 0) is 82.2 Å². The van der Waals surface area contributed by atoms with Crippen molar-refractivity contribution >= 4 is 16.8 Å². The number of carbonyl (C=O) groups excluding carboxylic acids is 1. The standard InChI is InChI=1S/C26H37N3O/c1-18(2)28-12-9-21(10-13-28)15-25(30)29-16-19(3)14-22(17-29)23-8-7-20(4)26-24(23)6-5-11-27-26/h5-8,11,18-19,21-22H,9-10,12-17H2,1-4H3/t19-,22?/m1/s1. The molecule has 2 atom stereocenters. The zero-order valence-corrected chi connectivity index (χ0v) is 19.1. The monoisotopic (exact) mass is 407 g/mol. The fourth-order valence-electron chi connectivity index (χ4n) is 5.52. The molecule has 0 bridgehead atoms. The highest BCUT2D eigenvalue weighted by Gasteiger charge is 2.31. The van der Waals surface area contributed by atoms with E-state index in [-0.39, 0.29) is 0 Å². The summed E-state index contributed by atoms with van der Waals surface area (Å²) in [5.74, 6) is 1.84. The first-order chi connectivity index (χ1) is 14.4. The third-order valence-corrected chi connectivity index (χ3v) is 7.30. The molecule has 0 aliphatic carbocycles. The fraction of sp³-hybridized carbons (Fsp3) is 0.615. The number of benzene rings is 1. The smallest absolute Gasteiger partial charge is 0.222 e. The van der Waals surface area contributed by atoms with Gasteiger partial charge in [0.25, 0.3) is 0 Å². The van der Waals surface area contributed by atoms with E-state index in [0.717, 1.165) is 57.4 Å². The number of amides is 1. The van der Waals surface area contributed by atoms with E-state index in [1.54, 1.807) is 0 Å². The molecule has 1 unspecified atom stereocenters. The number of carbonyl (C=O) groups is 1. The molecule has 3 heterocycles. The van der Waals surface area contributed by atoms with Crippen LogP contribution in [0.2, 0.25) is 0 Å². The largest absolute Gasteiger partial charge is 0.342 e. The summed E-state index contributed by atoms with van der Waals surface area (Å²) in [5, 5.41) is 1.25. The topological polar surface area (TPSA) is 36.4 Å². The summed E-state index contributed by atoms with van der Waals surface area (Å²) in [6.45, 7) is 13.0. The Morgan fingerprint density at radius 1 is 1.17 bits per heavy atom. The molecule has 2 aliphatic heterocycles. The third kappa shape index (κ3) is 4.54. The minimum atomic E-state index is 0.365. The third-order valence-electron chi connectivity index (χ3n) is 7.30. The van der Waals surface area contributed by atoms with Crippen molar-refractivity contribution in [3.63, 3.8) is 0 Å². The van der Waals surface area contributed by atoms with Gasteiger partial charge in [0.05, 0.1) is 5.52 Å². The Hall–Kier alpha value is -1.94. The molecule has 0 N–H and O–H groups in total. The van der Waals surface area contributed by atoms with Gasteiger partial charge >= 0.3 is 0 Å². The minimum Gasteiger partial charge on any atom is -0.342 e. The molecular weight excluding hydrogens is 370 g/mol. The summed E-state index contributed by atoms with van der Waals surface area (Å²) in [5.41, 5.74) is 3.68. The second-order valence-corrected chi connectivity index (χ2v) is 9.98. The fourth-order valence-corrected chi connectivity index (χ4v) is 5.52. The number of aryl methyl sites for hydroxylation is 1. The van der Waals surface area contributed by atoms with Gasteiger partial charge < -0.3 is 9.80 Å². The lowest BCUT2D eigenvalue weighted by Gasteiger charge is -2.39. The van der Waals surface area contributed by atoms with E-state index < -0.39 is 0 Å². The first-order valence-corrected chi connectivity index (χ1v) is 11.8. The molecule has 1 amide bonds. The molecule has 0 spiro atoms. The molecule has 162 valence electrons. The number of likely N-dealkylation sites (tertiary alicyclic amines) is 2. The quantitative estimate of drug-likeness (QED) is 0.715. The maximum Gasteiger partial charge on any atom is 0.222 e. The van der Waals surface area contributed by atoms with Crippen LogP contribution in [-0.4, -0.2) is 52.9 Å². The summed E-state index contributed by atoms with van der Waals surface area (Å²) >= 11 is 0. The van der Waals surface area contributed by atoms with Gasteiger partial charge in [0.2, 0.25) is 5.91 Å². The second kappa shape index (κ2) is 9.05. The van der Waals surface area contributed by atoms with Crippen molar-refractivity contribution in [2.24, 2.45) is 11.8 Å². The van der Waals surface area contributed by atoms with E-state index >= 15 is 0 Å². The normalized spacial score (nSPS) is 24.0. The van der Waals surface area contributed by atoms with E-state index in [9.17, 15) is 4.79 Å².